The van der Waals surface area contributed by atoms with E-state index in [0.29, 0.717) is 6.54 Å². The molecule has 0 amide bonds. The van der Waals surface area contributed by atoms with Crippen LogP contribution in [0.15, 0.2) is 12.5 Å². The summed E-state index contributed by atoms with van der Waals surface area (Å²) >= 11 is 0. The molecule has 0 spiro atoms. The fraction of sp³-hybridized carbons (Fsp3) is 0.750. The number of hydrogen-bond acceptors (Lipinski definition) is 3. The van der Waals surface area contributed by atoms with E-state index in [-0.39, 0.29) is 0 Å². The number of piperidine rings is 1. The summed E-state index contributed by atoms with van der Waals surface area (Å²) in [6.45, 7) is 4.28. The molecule has 0 aliphatic carbocycles. The summed E-state index contributed by atoms with van der Waals surface area (Å²) in [4.78, 5) is 6.63. The lowest BCUT2D eigenvalue weighted by atomic mass is 9.97. The van der Waals surface area contributed by atoms with Gasteiger partial charge in [-0.1, -0.05) is 0 Å². The van der Waals surface area contributed by atoms with Gasteiger partial charge in [0, 0.05) is 24.9 Å². The van der Waals surface area contributed by atoms with Gasteiger partial charge in [-0.2, -0.15) is 0 Å². The highest BCUT2D eigenvalue weighted by Crippen LogP contribution is 2.18. The Labute approximate surface area is 97.4 Å². The van der Waals surface area contributed by atoms with E-state index in [1.165, 1.54) is 31.6 Å². The molecule has 0 radical (unpaired) electrons. The molecule has 2 N–H and O–H groups in total. The minimum Gasteiger partial charge on any atom is -0.334 e. The van der Waals surface area contributed by atoms with Gasteiger partial charge < -0.3 is 15.2 Å². The quantitative estimate of drug-likeness (QED) is 0.817. The highest BCUT2D eigenvalue weighted by molar-refractivity contribution is 4.99. The van der Waals surface area contributed by atoms with Crippen molar-refractivity contribution in [3.63, 3.8) is 0 Å². The van der Waals surface area contributed by atoms with Gasteiger partial charge in [-0.3, -0.25) is 0 Å². The first-order valence-electron chi connectivity index (χ1n) is 6.17. The molecule has 2 heterocycles. The van der Waals surface area contributed by atoms with E-state index in [2.05, 4.69) is 21.5 Å². The van der Waals surface area contributed by atoms with Gasteiger partial charge in [0.05, 0.1) is 6.33 Å². The van der Waals surface area contributed by atoms with Crippen molar-refractivity contribution in [1.82, 2.24) is 14.5 Å². The van der Waals surface area contributed by atoms with Crippen LogP contribution in [-0.2, 0) is 13.0 Å². The highest BCUT2D eigenvalue weighted by atomic mass is 15.1. The van der Waals surface area contributed by atoms with Crippen LogP contribution in [-0.4, -0.2) is 41.1 Å². The van der Waals surface area contributed by atoms with Crippen LogP contribution in [0.1, 0.15) is 18.5 Å². The molecule has 16 heavy (non-hydrogen) atoms. The molecular formula is C12H22N4. The lowest BCUT2D eigenvalue weighted by Gasteiger charge is -2.29. The Bertz CT molecular complexity index is 313. The van der Waals surface area contributed by atoms with Gasteiger partial charge in [-0.15, -0.1) is 0 Å². The molecule has 1 aliphatic heterocycles. The van der Waals surface area contributed by atoms with Crippen molar-refractivity contribution < 1.29 is 0 Å². The van der Waals surface area contributed by atoms with Crippen molar-refractivity contribution in [2.75, 3.05) is 26.7 Å². The van der Waals surface area contributed by atoms with E-state index in [4.69, 9.17) is 5.73 Å². The molecule has 4 nitrogen and oxygen atoms in total. The predicted octanol–water partition coefficient (Wildman–Crippen LogP) is 0.726. The molecule has 0 bridgehead atoms. The number of nitrogens with zero attached hydrogens (tertiary/aromatic N) is 3. The third-order valence-electron chi connectivity index (χ3n) is 3.49. The topological polar surface area (TPSA) is 47.1 Å². The molecule has 0 unspecified atom stereocenters. The lowest BCUT2D eigenvalue weighted by molar-refractivity contribution is 0.204. The maximum atomic E-state index is 5.59. The van der Waals surface area contributed by atoms with E-state index >= 15 is 0 Å². The van der Waals surface area contributed by atoms with E-state index in [0.717, 1.165) is 18.9 Å². The van der Waals surface area contributed by atoms with Crippen LogP contribution >= 0.6 is 0 Å². The normalized spacial score (nSPS) is 19.1. The van der Waals surface area contributed by atoms with E-state index in [1.54, 1.807) is 0 Å². The molecule has 2 rings (SSSR count). The van der Waals surface area contributed by atoms with Crippen LogP contribution in [0.5, 0.6) is 0 Å². The van der Waals surface area contributed by atoms with Gasteiger partial charge in [0.1, 0.15) is 0 Å². The van der Waals surface area contributed by atoms with Gasteiger partial charge in [0.15, 0.2) is 0 Å². The molecule has 1 fully saturated rings. The predicted molar refractivity (Wildman–Crippen MR) is 65.2 cm³/mol. The maximum Gasteiger partial charge on any atom is 0.0948 e. The average Bonchev–Trinajstić information content (AvgIpc) is 2.70. The fourth-order valence-electron chi connectivity index (χ4n) is 2.39. The van der Waals surface area contributed by atoms with Crippen molar-refractivity contribution in [3.05, 3.63) is 18.2 Å². The summed E-state index contributed by atoms with van der Waals surface area (Å²) in [5.74, 6) is 0.807. The van der Waals surface area contributed by atoms with Crippen LogP contribution < -0.4 is 5.73 Å². The SMILES string of the molecule is CN1CCC(Cn2cncc2CCN)CC1. The van der Waals surface area contributed by atoms with Gasteiger partial charge in [-0.25, -0.2) is 4.98 Å². The van der Waals surface area contributed by atoms with Crippen molar-refractivity contribution in [3.8, 4) is 0 Å². The zero-order valence-corrected chi connectivity index (χ0v) is 10.1. The van der Waals surface area contributed by atoms with Crippen molar-refractivity contribution >= 4 is 0 Å². The van der Waals surface area contributed by atoms with Crippen LogP contribution in [0.25, 0.3) is 0 Å². The monoisotopic (exact) mass is 222 g/mol. The molecule has 1 aliphatic rings. The second-order valence-corrected chi connectivity index (χ2v) is 4.82. The molecule has 1 saturated heterocycles. The number of likely N-dealkylation sites (tertiary alicyclic amines) is 1. The second-order valence-electron chi connectivity index (χ2n) is 4.82. The van der Waals surface area contributed by atoms with Crippen LogP contribution in [0, 0.1) is 5.92 Å². The number of hydrogen-bond donors (Lipinski definition) is 1. The first kappa shape index (κ1) is 11.6. The Morgan fingerprint density at radius 3 is 2.88 bits per heavy atom. The summed E-state index contributed by atoms with van der Waals surface area (Å²) in [6, 6.07) is 0. The molecule has 1 aromatic rings. The highest BCUT2D eigenvalue weighted by Gasteiger charge is 2.17. The summed E-state index contributed by atoms with van der Waals surface area (Å²) in [7, 11) is 2.20. The number of nitrogens with two attached hydrogens (primary N) is 1. The summed E-state index contributed by atoms with van der Waals surface area (Å²) in [5.41, 5.74) is 6.87. The molecule has 0 saturated carbocycles. The Kier molecular flexibility index (Phi) is 3.96. The Balaban J connectivity index is 1.90. The van der Waals surface area contributed by atoms with Crippen LogP contribution in [0.2, 0.25) is 0 Å². The molecular weight excluding hydrogens is 200 g/mol. The minimum atomic E-state index is 0.707. The molecule has 0 aromatic carbocycles. The van der Waals surface area contributed by atoms with Crippen molar-refractivity contribution in [2.24, 2.45) is 11.7 Å². The number of imidazole rings is 1. The lowest BCUT2D eigenvalue weighted by Crippen LogP contribution is -2.32. The third kappa shape index (κ3) is 2.83. The van der Waals surface area contributed by atoms with Gasteiger partial charge >= 0.3 is 0 Å². The summed E-state index contributed by atoms with van der Waals surface area (Å²) in [6.07, 6.45) is 7.44. The Hall–Kier alpha value is -0.870. The molecule has 1 aromatic heterocycles. The van der Waals surface area contributed by atoms with Crippen molar-refractivity contribution in [2.45, 2.75) is 25.8 Å². The number of aromatic nitrogens is 2. The van der Waals surface area contributed by atoms with Gasteiger partial charge in [-0.05, 0) is 45.4 Å². The fourth-order valence-corrected chi connectivity index (χ4v) is 2.39. The second kappa shape index (κ2) is 5.46. The smallest absolute Gasteiger partial charge is 0.0948 e. The maximum absolute atomic E-state index is 5.59. The van der Waals surface area contributed by atoms with E-state index in [1.807, 2.05) is 12.5 Å². The average molecular weight is 222 g/mol. The summed E-state index contributed by atoms with van der Waals surface area (Å²) < 4.78 is 2.28. The molecule has 4 heteroatoms. The minimum absolute atomic E-state index is 0.707. The van der Waals surface area contributed by atoms with E-state index < -0.39 is 0 Å². The Morgan fingerprint density at radius 2 is 2.19 bits per heavy atom. The van der Waals surface area contributed by atoms with Crippen LogP contribution in [0.4, 0.5) is 0 Å². The van der Waals surface area contributed by atoms with Crippen molar-refractivity contribution in [1.29, 1.82) is 0 Å². The van der Waals surface area contributed by atoms with Crippen LogP contribution in [0.3, 0.4) is 0 Å². The zero-order chi connectivity index (χ0) is 11.4. The van der Waals surface area contributed by atoms with Gasteiger partial charge in [0.25, 0.3) is 0 Å². The number of rotatable bonds is 4. The van der Waals surface area contributed by atoms with E-state index in [9.17, 15) is 0 Å². The van der Waals surface area contributed by atoms with Gasteiger partial charge in [0.2, 0.25) is 0 Å². The molecule has 90 valence electrons. The largest absolute Gasteiger partial charge is 0.334 e. The summed E-state index contributed by atoms with van der Waals surface area (Å²) in [5, 5.41) is 0. The zero-order valence-electron chi connectivity index (χ0n) is 10.1. The first-order chi connectivity index (χ1) is 7.79. The molecule has 0 atom stereocenters. The Morgan fingerprint density at radius 1 is 1.44 bits per heavy atom. The standard InChI is InChI=1S/C12H22N4/c1-15-6-3-11(4-7-15)9-16-10-14-8-12(16)2-5-13/h8,10-11H,2-7,9,13H2,1H3. The first-order valence-corrected chi connectivity index (χ1v) is 6.17. The third-order valence-corrected chi connectivity index (χ3v) is 3.49.